The summed E-state index contributed by atoms with van der Waals surface area (Å²) in [6.45, 7) is 4.48. The summed E-state index contributed by atoms with van der Waals surface area (Å²) in [5.74, 6) is 1.18. The molecule has 29 heavy (non-hydrogen) atoms. The Morgan fingerprint density at radius 1 is 1.07 bits per heavy atom. The summed E-state index contributed by atoms with van der Waals surface area (Å²) in [4.78, 5) is 31.3. The number of likely N-dealkylation sites (N-methyl/N-ethyl adjacent to an activating group) is 1. The summed E-state index contributed by atoms with van der Waals surface area (Å²) in [6, 6.07) is 5.33. The average molecular weight is 403 g/mol. The van der Waals surface area contributed by atoms with Gasteiger partial charge >= 0.3 is 6.09 Å². The Morgan fingerprint density at radius 2 is 1.76 bits per heavy atom. The highest BCUT2D eigenvalue weighted by Crippen LogP contribution is 2.31. The molecule has 1 aromatic rings. The quantitative estimate of drug-likeness (QED) is 0.759. The first-order valence-corrected chi connectivity index (χ1v) is 10.7. The van der Waals surface area contributed by atoms with Crippen molar-refractivity contribution in [2.24, 2.45) is 11.8 Å². The molecule has 0 radical (unpaired) electrons. The molecule has 1 aliphatic carbocycles. The van der Waals surface area contributed by atoms with Crippen LogP contribution in [0.15, 0.2) is 24.3 Å². The monoisotopic (exact) mass is 403 g/mol. The highest BCUT2D eigenvalue weighted by atomic mass is 19.1. The van der Waals surface area contributed by atoms with E-state index < -0.39 is 6.09 Å². The molecule has 2 amide bonds. The standard InChI is InChI=1S/C22H30FN3O3/c1-24(22(28)29-20-6-4-18(23)5-7-20)19-10-13-26(15-19)21(27)17-8-11-25(12-9-17)14-16-2-3-16/h4-7,16-17,19H,2-3,8-15H2,1H3. The van der Waals surface area contributed by atoms with Gasteiger partial charge in [0, 0.05) is 32.6 Å². The van der Waals surface area contributed by atoms with Gasteiger partial charge in [0.15, 0.2) is 0 Å². The van der Waals surface area contributed by atoms with Crippen LogP contribution in [0.4, 0.5) is 9.18 Å². The number of rotatable bonds is 5. The van der Waals surface area contributed by atoms with Gasteiger partial charge in [0.1, 0.15) is 11.6 Å². The van der Waals surface area contributed by atoms with Gasteiger partial charge in [0.05, 0.1) is 6.04 Å². The molecule has 1 saturated carbocycles. The molecule has 158 valence electrons. The van der Waals surface area contributed by atoms with Crippen LogP contribution < -0.4 is 4.74 Å². The van der Waals surface area contributed by atoms with Crippen molar-refractivity contribution in [2.75, 3.05) is 39.8 Å². The summed E-state index contributed by atoms with van der Waals surface area (Å²) in [5, 5.41) is 0. The number of carbonyl (C=O) groups is 2. The Hall–Kier alpha value is -2.15. The number of hydrogen-bond acceptors (Lipinski definition) is 4. The van der Waals surface area contributed by atoms with Crippen LogP contribution >= 0.6 is 0 Å². The minimum Gasteiger partial charge on any atom is -0.410 e. The SMILES string of the molecule is CN(C(=O)Oc1ccc(F)cc1)C1CCN(C(=O)C2CCN(CC3CC3)CC2)C1. The van der Waals surface area contributed by atoms with Crippen molar-refractivity contribution >= 4 is 12.0 Å². The molecule has 1 atom stereocenters. The molecule has 3 aliphatic rings. The summed E-state index contributed by atoms with van der Waals surface area (Å²) in [6.07, 6.45) is 4.88. The number of likely N-dealkylation sites (tertiary alicyclic amines) is 2. The predicted molar refractivity (Wildman–Crippen MR) is 107 cm³/mol. The summed E-state index contributed by atoms with van der Waals surface area (Å²) in [5.41, 5.74) is 0. The summed E-state index contributed by atoms with van der Waals surface area (Å²) in [7, 11) is 1.70. The van der Waals surface area contributed by atoms with Crippen LogP contribution in [-0.2, 0) is 4.79 Å². The van der Waals surface area contributed by atoms with Crippen molar-refractivity contribution < 1.29 is 18.7 Å². The molecule has 2 aliphatic heterocycles. The van der Waals surface area contributed by atoms with E-state index in [2.05, 4.69) is 4.90 Å². The molecular weight excluding hydrogens is 373 g/mol. The zero-order valence-electron chi connectivity index (χ0n) is 17.1. The molecule has 2 saturated heterocycles. The van der Waals surface area contributed by atoms with Crippen LogP contribution in [0.5, 0.6) is 5.75 Å². The van der Waals surface area contributed by atoms with E-state index in [0.717, 1.165) is 38.3 Å². The highest BCUT2D eigenvalue weighted by molar-refractivity contribution is 5.79. The minimum atomic E-state index is -0.482. The van der Waals surface area contributed by atoms with Gasteiger partial charge in [-0.3, -0.25) is 4.79 Å². The fourth-order valence-corrected chi connectivity index (χ4v) is 4.37. The van der Waals surface area contributed by atoms with E-state index in [1.807, 2.05) is 4.90 Å². The maximum absolute atomic E-state index is 13.0. The van der Waals surface area contributed by atoms with Gasteiger partial charge in [-0.25, -0.2) is 9.18 Å². The highest BCUT2D eigenvalue weighted by Gasteiger charge is 2.36. The van der Waals surface area contributed by atoms with Crippen LogP contribution in [-0.4, -0.2) is 72.5 Å². The van der Waals surface area contributed by atoms with Gasteiger partial charge in [-0.1, -0.05) is 0 Å². The van der Waals surface area contributed by atoms with E-state index in [9.17, 15) is 14.0 Å². The molecule has 3 fully saturated rings. The van der Waals surface area contributed by atoms with Gasteiger partial charge in [-0.15, -0.1) is 0 Å². The van der Waals surface area contributed by atoms with Crippen molar-refractivity contribution in [2.45, 2.75) is 38.1 Å². The maximum Gasteiger partial charge on any atom is 0.415 e. The first-order chi connectivity index (χ1) is 14.0. The number of carbonyl (C=O) groups excluding carboxylic acids is 2. The zero-order valence-corrected chi connectivity index (χ0v) is 17.1. The Bertz CT molecular complexity index is 729. The molecule has 4 rings (SSSR count). The Labute approximate surface area is 171 Å². The van der Waals surface area contributed by atoms with Gasteiger partial charge in [-0.05, 0) is 75.4 Å². The van der Waals surface area contributed by atoms with Crippen molar-refractivity contribution in [3.63, 3.8) is 0 Å². The van der Waals surface area contributed by atoms with E-state index in [1.54, 1.807) is 11.9 Å². The molecular formula is C22H30FN3O3. The topological polar surface area (TPSA) is 53.1 Å². The lowest BCUT2D eigenvalue weighted by molar-refractivity contribution is -0.136. The number of ether oxygens (including phenoxy) is 1. The van der Waals surface area contributed by atoms with Crippen LogP contribution in [0.1, 0.15) is 32.1 Å². The lowest BCUT2D eigenvalue weighted by Gasteiger charge is -2.33. The lowest BCUT2D eigenvalue weighted by Crippen LogP contribution is -2.44. The molecule has 0 N–H and O–H groups in total. The predicted octanol–water partition coefficient (Wildman–Crippen LogP) is 2.98. The Morgan fingerprint density at radius 3 is 2.41 bits per heavy atom. The van der Waals surface area contributed by atoms with E-state index in [0.29, 0.717) is 18.8 Å². The number of nitrogens with zero attached hydrogens (tertiary/aromatic N) is 3. The lowest BCUT2D eigenvalue weighted by atomic mass is 9.95. The second kappa shape index (κ2) is 8.69. The fourth-order valence-electron chi connectivity index (χ4n) is 4.37. The van der Waals surface area contributed by atoms with E-state index in [1.165, 1.54) is 43.7 Å². The van der Waals surface area contributed by atoms with Crippen LogP contribution in [0.3, 0.4) is 0 Å². The van der Waals surface area contributed by atoms with E-state index in [4.69, 9.17) is 4.74 Å². The molecule has 1 aromatic carbocycles. The number of halogens is 1. The Kier molecular flexibility index (Phi) is 6.04. The first kappa shape index (κ1) is 20.1. The second-order valence-corrected chi connectivity index (χ2v) is 8.68. The van der Waals surface area contributed by atoms with Gasteiger partial charge in [0.2, 0.25) is 5.91 Å². The molecule has 7 heteroatoms. The van der Waals surface area contributed by atoms with E-state index in [-0.39, 0.29) is 23.7 Å². The van der Waals surface area contributed by atoms with Crippen LogP contribution in [0, 0.1) is 17.7 Å². The van der Waals surface area contributed by atoms with Crippen molar-refractivity contribution in [3.8, 4) is 5.75 Å². The largest absolute Gasteiger partial charge is 0.415 e. The molecule has 0 spiro atoms. The molecule has 0 bridgehead atoms. The first-order valence-electron chi connectivity index (χ1n) is 10.7. The Balaban J connectivity index is 1.24. The number of piperidine rings is 1. The van der Waals surface area contributed by atoms with Gasteiger partial charge in [0.25, 0.3) is 0 Å². The van der Waals surface area contributed by atoms with Crippen LogP contribution in [0.2, 0.25) is 0 Å². The maximum atomic E-state index is 13.0. The summed E-state index contributed by atoms with van der Waals surface area (Å²) < 4.78 is 18.3. The average Bonchev–Trinajstić information content (AvgIpc) is 3.41. The molecule has 1 unspecified atom stereocenters. The molecule has 2 heterocycles. The van der Waals surface area contributed by atoms with Crippen molar-refractivity contribution in [1.29, 1.82) is 0 Å². The number of hydrogen-bond donors (Lipinski definition) is 0. The van der Waals surface area contributed by atoms with Crippen molar-refractivity contribution in [1.82, 2.24) is 14.7 Å². The van der Waals surface area contributed by atoms with Gasteiger partial charge in [-0.2, -0.15) is 0 Å². The van der Waals surface area contributed by atoms with Crippen molar-refractivity contribution in [3.05, 3.63) is 30.1 Å². The van der Waals surface area contributed by atoms with E-state index >= 15 is 0 Å². The zero-order chi connectivity index (χ0) is 20.4. The third kappa shape index (κ3) is 5.07. The number of amides is 2. The molecule has 6 nitrogen and oxygen atoms in total. The third-order valence-corrected chi connectivity index (χ3v) is 6.48. The van der Waals surface area contributed by atoms with Crippen LogP contribution in [0.25, 0.3) is 0 Å². The third-order valence-electron chi connectivity index (χ3n) is 6.48. The molecule has 0 aromatic heterocycles. The van der Waals surface area contributed by atoms with Gasteiger partial charge < -0.3 is 19.4 Å². The normalized spacial score (nSPS) is 23.2. The summed E-state index contributed by atoms with van der Waals surface area (Å²) >= 11 is 0. The second-order valence-electron chi connectivity index (χ2n) is 8.68. The smallest absolute Gasteiger partial charge is 0.410 e. The minimum absolute atomic E-state index is 0.0538. The number of benzene rings is 1. The fraction of sp³-hybridized carbons (Fsp3) is 0.636.